The van der Waals surface area contributed by atoms with Crippen LogP contribution < -0.4 is 39.1 Å². The van der Waals surface area contributed by atoms with Crippen molar-refractivity contribution < 1.29 is 83.1 Å². The smallest absolute Gasteiger partial charge is 0.790 e. The third kappa shape index (κ3) is 32.5. The Bertz CT molecular complexity index is 342. The molecule has 0 N–H and O–H groups in total. The largest absolute Gasteiger partial charge is 2.00 e. The van der Waals surface area contributed by atoms with Crippen LogP contribution in [-0.4, -0.2) is 0 Å². The zero-order valence-electron chi connectivity index (χ0n) is 7.88. The van der Waals surface area contributed by atoms with Crippen molar-refractivity contribution in [1.82, 2.24) is 0 Å². The molecule has 0 amide bonds. The monoisotopic (exact) mass is 403 g/mol. The fraction of sp³-hybridized carbons (Fsp3) is 0. The maximum Gasteiger partial charge on any atom is 2.00 e. The van der Waals surface area contributed by atoms with Crippen LogP contribution in [0.5, 0.6) is 0 Å². The van der Waals surface area contributed by atoms with Gasteiger partial charge < -0.3 is 66.0 Å². The van der Waals surface area contributed by atoms with E-state index in [4.69, 9.17) is 0 Å². The minimum absolute atomic E-state index is 0. The minimum Gasteiger partial charge on any atom is -0.790 e. The fourth-order valence-corrected chi connectivity index (χ4v) is 2.20. The predicted molar refractivity (Wildman–Crippen MR) is 32.6 cm³/mol. The molecular weight excluding hydrogens is 403 g/mol. The second-order valence-corrected chi connectivity index (χ2v) is 6.84. The van der Waals surface area contributed by atoms with Crippen molar-refractivity contribution in [1.29, 1.82) is 0 Å². The standard InChI is InChI=1S/Mn.2H4O7P2/c;2*1-8(2,3)7-9(4,5)6/h;2*(H2,1,2,3)(H2,4,5,6)/q+2;;/p-8. The minimum atomic E-state index is -5.68. The molecule has 0 aliphatic heterocycles. The van der Waals surface area contributed by atoms with Crippen LogP contribution in [0.2, 0.25) is 0 Å². The summed E-state index contributed by atoms with van der Waals surface area (Å²) >= 11 is 0. The van der Waals surface area contributed by atoms with E-state index in [2.05, 4.69) is 8.62 Å². The zero-order valence-corrected chi connectivity index (χ0v) is 12.6. The summed E-state index contributed by atoms with van der Waals surface area (Å²) in [6.45, 7) is 0. The molecule has 0 aromatic rings. The van der Waals surface area contributed by atoms with E-state index >= 15 is 0 Å². The van der Waals surface area contributed by atoms with Crippen LogP contribution in [0.25, 0.3) is 0 Å². The number of phosphoric acid groups is 4. The van der Waals surface area contributed by atoms with Gasteiger partial charge in [0.25, 0.3) is 0 Å². The molecule has 0 heterocycles. The van der Waals surface area contributed by atoms with E-state index in [1.165, 1.54) is 0 Å². The first kappa shape index (κ1) is 25.0. The molecule has 19 heavy (non-hydrogen) atoms. The third-order valence-corrected chi connectivity index (χ3v) is 3.60. The van der Waals surface area contributed by atoms with Crippen LogP contribution in [0.1, 0.15) is 0 Å². The molecular formula is MnO14P4-6. The van der Waals surface area contributed by atoms with E-state index in [0.29, 0.717) is 0 Å². The molecule has 0 fully saturated rings. The molecule has 0 unspecified atom stereocenters. The van der Waals surface area contributed by atoms with Gasteiger partial charge >= 0.3 is 17.1 Å². The molecule has 0 aromatic carbocycles. The van der Waals surface area contributed by atoms with E-state index in [1.54, 1.807) is 0 Å². The average Bonchev–Trinajstić information content (AvgIpc) is 1.64. The van der Waals surface area contributed by atoms with Gasteiger partial charge in [0, 0.05) is 0 Å². The molecule has 19 heteroatoms. The molecule has 0 bridgehead atoms. The van der Waals surface area contributed by atoms with Gasteiger partial charge in [-0.05, 0) is 0 Å². The SMILES string of the molecule is O=P([O-])([O-])OP(=O)([O-])[O-].O=P([O-])([O-])OP(=O)([O-])[O-].[Mn+2]. The molecule has 0 spiro atoms. The Kier molecular flexibility index (Phi) is 11.2. The molecule has 0 saturated carbocycles. The Morgan fingerprint density at radius 3 is 0.579 bits per heavy atom. The van der Waals surface area contributed by atoms with Gasteiger partial charge in [-0.1, -0.05) is 0 Å². The maximum absolute atomic E-state index is 9.32. The van der Waals surface area contributed by atoms with Crippen LogP contribution >= 0.6 is 31.3 Å². The molecule has 0 rings (SSSR count). The Morgan fingerprint density at radius 1 is 0.474 bits per heavy atom. The van der Waals surface area contributed by atoms with Crippen LogP contribution in [0.15, 0.2) is 0 Å². The van der Waals surface area contributed by atoms with E-state index in [-0.39, 0.29) is 17.1 Å². The summed E-state index contributed by atoms with van der Waals surface area (Å²) < 4.78 is 42.3. The summed E-state index contributed by atoms with van der Waals surface area (Å²) in [5.41, 5.74) is 0. The van der Waals surface area contributed by atoms with Gasteiger partial charge in [0.2, 0.25) is 0 Å². The predicted octanol–water partition coefficient (Wildman–Crippen LogP) is -6.68. The van der Waals surface area contributed by atoms with E-state index in [9.17, 15) is 57.4 Å². The van der Waals surface area contributed by atoms with Gasteiger partial charge in [-0.15, -0.1) is 0 Å². The van der Waals surface area contributed by atoms with E-state index in [0.717, 1.165) is 0 Å². The molecule has 1 radical (unpaired) electrons. The average molecular weight is 403 g/mol. The Balaban J connectivity index is -0.000000256. The van der Waals surface area contributed by atoms with Gasteiger partial charge in [-0.3, -0.25) is 0 Å². The molecule has 0 aliphatic rings. The van der Waals surface area contributed by atoms with Crippen LogP contribution in [0.3, 0.4) is 0 Å². The van der Waals surface area contributed by atoms with Crippen molar-refractivity contribution in [2.45, 2.75) is 0 Å². The van der Waals surface area contributed by atoms with Gasteiger partial charge in [0.05, 0.1) is 31.3 Å². The molecule has 0 atom stereocenters. The van der Waals surface area contributed by atoms with Crippen molar-refractivity contribution in [3.63, 3.8) is 0 Å². The zero-order chi connectivity index (χ0) is 15.4. The summed E-state index contributed by atoms with van der Waals surface area (Å²) in [4.78, 5) is 74.6. The van der Waals surface area contributed by atoms with Gasteiger partial charge in [0.1, 0.15) is 0 Å². The topological polar surface area (TPSA) is 271 Å². The normalized spacial score (nSPS) is 13.1. The Hall–Kier alpha value is 1.04. The van der Waals surface area contributed by atoms with Crippen LogP contribution in [-0.2, 0) is 44.0 Å². The molecule has 0 aliphatic carbocycles. The Morgan fingerprint density at radius 2 is 0.579 bits per heavy atom. The van der Waals surface area contributed by atoms with Crippen molar-refractivity contribution in [2.24, 2.45) is 0 Å². The molecule has 14 nitrogen and oxygen atoms in total. The van der Waals surface area contributed by atoms with Crippen LogP contribution in [0, 0.1) is 0 Å². The Labute approximate surface area is 115 Å². The second kappa shape index (κ2) is 8.47. The number of hydrogen-bond donors (Lipinski definition) is 0. The fourth-order valence-electron chi connectivity index (χ4n) is 0.245. The number of hydrogen-bond acceptors (Lipinski definition) is 14. The van der Waals surface area contributed by atoms with Crippen molar-refractivity contribution in [3.05, 3.63) is 0 Å². The molecule has 0 aromatic heterocycles. The second-order valence-electron chi connectivity index (χ2n) is 1.95. The first-order chi connectivity index (χ1) is 7.41. The van der Waals surface area contributed by atoms with Gasteiger partial charge in [-0.25, -0.2) is 0 Å². The van der Waals surface area contributed by atoms with Crippen molar-refractivity contribution in [2.75, 3.05) is 0 Å². The summed E-state index contributed by atoms with van der Waals surface area (Å²) in [6.07, 6.45) is 0. The van der Waals surface area contributed by atoms with Crippen molar-refractivity contribution in [3.8, 4) is 0 Å². The summed E-state index contributed by atoms with van der Waals surface area (Å²) in [7, 11) is -22.7. The van der Waals surface area contributed by atoms with Gasteiger partial charge in [-0.2, -0.15) is 0 Å². The van der Waals surface area contributed by atoms with Gasteiger partial charge in [0.15, 0.2) is 0 Å². The van der Waals surface area contributed by atoms with Crippen LogP contribution in [0.4, 0.5) is 0 Å². The molecule has 117 valence electrons. The van der Waals surface area contributed by atoms with E-state index < -0.39 is 31.3 Å². The maximum atomic E-state index is 9.32. The summed E-state index contributed by atoms with van der Waals surface area (Å²) in [6, 6.07) is 0. The molecule has 0 saturated heterocycles. The van der Waals surface area contributed by atoms with E-state index in [1.807, 2.05) is 0 Å². The first-order valence-electron chi connectivity index (χ1n) is 2.92. The first-order valence-corrected chi connectivity index (χ1v) is 8.76. The quantitative estimate of drug-likeness (QED) is 0.312. The van der Waals surface area contributed by atoms with Crippen molar-refractivity contribution >= 4 is 31.3 Å². The number of rotatable bonds is 4. The summed E-state index contributed by atoms with van der Waals surface area (Å²) in [5.74, 6) is 0. The third-order valence-electron chi connectivity index (χ3n) is 0.400. The summed E-state index contributed by atoms with van der Waals surface area (Å²) in [5, 5.41) is 0.